The number of aliphatic imine (C=N–C) groups is 1. The zero-order chi connectivity index (χ0) is 22.5. The molecule has 0 bridgehead atoms. The van der Waals surface area contributed by atoms with Gasteiger partial charge in [0.05, 0.1) is 22.9 Å². The molecule has 1 saturated heterocycles. The van der Waals surface area contributed by atoms with Gasteiger partial charge in [0.1, 0.15) is 5.75 Å². The van der Waals surface area contributed by atoms with Crippen LogP contribution in [-0.2, 0) is 4.79 Å². The van der Waals surface area contributed by atoms with Gasteiger partial charge in [-0.3, -0.25) is 9.69 Å². The Hall–Kier alpha value is -3.31. The third kappa shape index (κ3) is 5.11. The molecule has 0 N–H and O–H groups in total. The van der Waals surface area contributed by atoms with Gasteiger partial charge in [0.25, 0.3) is 5.91 Å². The van der Waals surface area contributed by atoms with Crippen molar-refractivity contribution in [1.29, 1.82) is 0 Å². The van der Waals surface area contributed by atoms with Crippen molar-refractivity contribution < 1.29 is 9.53 Å². The van der Waals surface area contributed by atoms with Crippen LogP contribution in [0.5, 0.6) is 5.75 Å². The van der Waals surface area contributed by atoms with Crippen LogP contribution in [0.1, 0.15) is 30.0 Å². The molecule has 0 unspecified atom stereocenters. The number of ether oxygens (including phenoxy) is 1. The number of amides is 1. The number of hydrogen-bond donors (Lipinski definition) is 0. The molecule has 4 rings (SSSR count). The minimum atomic E-state index is -0.0731. The van der Waals surface area contributed by atoms with Crippen molar-refractivity contribution in [1.82, 2.24) is 0 Å². The average Bonchev–Trinajstić information content (AvgIpc) is 3.10. The summed E-state index contributed by atoms with van der Waals surface area (Å²) in [6.45, 7) is 6.85. The van der Waals surface area contributed by atoms with E-state index in [2.05, 4.69) is 6.92 Å². The van der Waals surface area contributed by atoms with Crippen LogP contribution >= 0.6 is 11.8 Å². The molecular weight excluding hydrogens is 416 g/mol. The van der Waals surface area contributed by atoms with Crippen LogP contribution in [0.3, 0.4) is 0 Å². The number of aryl methyl sites for hydroxylation is 2. The van der Waals surface area contributed by atoms with Crippen LogP contribution in [0.15, 0.2) is 82.7 Å². The van der Waals surface area contributed by atoms with Crippen molar-refractivity contribution in [2.75, 3.05) is 11.5 Å². The van der Waals surface area contributed by atoms with E-state index in [0.717, 1.165) is 34.7 Å². The predicted octanol–water partition coefficient (Wildman–Crippen LogP) is 6.90. The molecule has 0 saturated carbocycles. The summed E-state index contributed by atoms with van der Waals surface area (Å²) in [4.78, 5) is 20.5. The number of nitrogens with zero attached hydrogens (tertiary/aromatic N) is 2. The fourth-order valence-corrected chi connectivity index (χ4v) is 4.23. The summed E-state index contributed by atoms with van der Waals surface area (Å²) >= 11 is 1.39. The second kappa shape index (κ2) is 9.88. The highest BCUT2D eigenvalue weighted by molar-refractivity contribution is 8.19. The molecule has 162 valence electrons. The van der Waals surface area contributed by atoms with E-state index in [4.69, 9.17) is 9.73 Å². The quantitative estimate of drug-likeness (QED) is 0.390. The highest BCUT2D eigenvalue weighted by Crippen LogP contribution is 2.37. The van der Waals surface area contributed by atoms with Gasteiger partial charge in [-0.1, -0.05) is 54.4 Å². The van der Waals surface area contributed by atoms with E-state index in [1.807, 2.05) is 92.7 Å². The standard InChI is InChI=1S/C27H26N2O2S/c1-4-17-31-24-15-9-21(10-16-24)18-25-26(30)29(23-13-7-20(3)8-14-23)27(32-25)28-22-11-5-19(2)6-12-22/h5-16,18H,4,17H2,1-3H3/b25-18+,28-27?. The fraction of sp³-hybridized carbons (Fsp3) is 0.185. The Balaban J connectivity index is 1.67. The summed E-state index contributed by atoms with van der Waals surface area (Å²) in [5.41, 5.74) is 4.90. The van der Waals surface area contributed by atoms with Crippen LogP contribution in [0, 0.1) is 13.8 Å². The Morgan fingerprint density at radius 2 is 1.53 bits per heavy atom. The van der Waals surface area contributed by atoms with Crippen LogP contribution in [0.2, 0.25) is 0 Å². The number of hydrogen-bond acceptors (Lipinski definition) is 4. The second-order valence-electron chi connectivity index (χ2n) is 7.73. The second-order valence-corrected chi connectivity index (χ2v) is 8.74. The first-order valence-electron chi connectivity index (χ1n) is 10.7. The van der Waals surface area contributed by atoms with Crippen LogP contribution in [0.4, 0.5) is 11.4 Å². The molecule has 3 aromatic carbocycles. The van der Waals surface area contributed by atoms with E-state index in [-0.39, 0.29) is 5.91 Å². The normalized spacial score (nSPS) is 16.2. The number of benzene rings is 3. The van der Waals surface area contributed by atoms with Gasteiger partial charge in [0.15, 0.2) is 5.17 Å². The van der Waals surface area contributed by atoms with Crippen LogP contribution < -0.4 is 9.64 Å². The van der Waals surface area contributed by atoms with Gasteiger partial charge in [0.2, 0.25) is 0 Å². The fourth-order valence-electron chi connectivity index (χ4n) is 3.23. The third-order valence-corrected chi connectivity index (χ3v) is 5.98. The molecule has 1 aliphatic rings. The molecule has 1 heterocycles. The van der Waals surface area contributed by atoms with E-state index in [9.17, 15) is 4.79 Å². The van der Waals surface area contributed by atoms with E-state index < -0.39 is 0 Å². The molecule has 0 atom stereocenters. The molecule has 3 aromatic rings. The first-order valence-corrected chi connectivity index (χ1v) is 11.5. The smallest absolute Gasteiger partial charge is 0.271 e. The Labute approximate surface area is 193 Å². The van der Waals surface area contributed by atoms with Gasteiger partial charge in [-0.25, -0.2) is 4.99 Å². The molecular formula is C27H26N2O2S. The Morgan fingerprint density at radius 1 is 0.906 bits per heavy atom. The SMILES string of the molecule is CCCOc1ccc(/C=C2/SC(=Nc3ccc(C)cc3)N(c3ccc(C)cc3)C2=O)cc1. The maximum atomic E-state index is 13.4. The lowest BCUT2D eigenvalue weighted by atomic mass is 10.2. The summed E-state index contributed by atoms with van der Waals surface area (Å²) in [6, 6.07) is 23.7. The van der Waals surface area contributed by atoms with Gasteiger partial charge >= 0.3 is 0 Å². The molecule has 1 fully saturated rings. The molecule has 0 aromatic heterocycles. The number of carbonyl (C=O) groups excluding carboxylic acids is 1. The van der Waals surface area contributed by atoms with Gasteiger partial charge in [-0.15, -0.1) is 0 Å². The van der Waals surface area contributed by atoms with E-state index in [1.54, 1.807) is 4.90 Å². The molecule has 0 radical (unpaired) electrons. The zero-order valence-electron chi connectivity index (χ0n) is 18.5. The third-order valence-electron chi connectivity index (χ3n) is 5.01. The lowest BCUT2D eigenvalue weighted by Gasteiger charge is -2.16. The molecule has 4 nitrogen and oxygen atoms in total. The summed E-state index contributed by atoms with van der Waals surface area (Å²) < 4.78 is 5.66. The number of carbonyl (C=O) groups is 1. The summed E-state index contributed by atoms with van der Waals surface area (Å²) in [5, 5.41) is 0.650. The van der Waals surface area contributed by atoms with E-state index in [0.29, 0.717) is 16.7 Å². The Kier molecular flexibility index (Phi) is 6.76. The van der Waals surface area contributed by atoms with Gasteiger partial charge < -0.3 is 4.74 Å². The number of amidine groups is 1. The van der Waals surface area contributed by atoms with Crippen LogP contribution in [0.25, 0.3) is 6.08 Å². The monoisotopic (exact) mass is 442 g/mol. The summed E-state index contributed by atoms with van der Waals surface area (Å²) in [5.74, 6) is 0.762. The Morgan fingerprint density at radius 3 is 2.16 bits per heavy atom. The molecule has 0 spiro atoms. The number of thioether (sulfide) groups is 1. The first kappa shape index (κ1) is 21.9. The largest absolute Gasteiger partial charge is 0.494 e. The molecule has 0 aliphatic carbocycles. The predicted molar refractivity (Wildman–Crippen MR) is 135 cm³/mol. The number of rotatable bonds is 6. The molecule has 5 heteroatoms. The highest BCUT2D eigenvalue weighted by Gasteiger charge is 2.34. The van der Waals surface area contributed by atoms with Crippen molar-refractivity contribution in [3.63, 3.8) is 0 Å². The highest BCUT2D eigenvalue weighted by atomic mass is 32.2. The average molecular weight is 443 g/mol. The topological polar surface area (TPSA) is 41.9 Å². The van der Waals surface area contributed by atoms with Crippen molar-refractivity contribution >= 4 is 40.3 Å². The lowest BCUT2D eigenvalue weighted by molar-refractivity contribution is -0.113. The summed E-state index contributed by atoms with van der Waals surface area (Å²) in [6.07, 6.45) is 2.88. The summed E-state index contributed by atoms with van der Waals surface area (Å²) in [7, 11) is 0. The molecule has 32 heavy (non-hydrogen) atoms. The maximum absolute atomic E-state index is 13.4. The molecule has 1 aliphatic heterocycles. The Bertz CT molecular complexity index is 1150. The van der Waals surface area contributed by atoms with Gasteiger partial charge in [-0.2, -0.15) is 0 Å². The first-order chi connectivity index (χ1) is 15.5. The number of anilines is 1. The van der Waals surface area contributed by atoms with Gasteiger partial charge in [-0.05, 0) is 80.1 Å². The van der Waals surface area contributed by atoms with Crippen molar-refractivity contribution in [3.05, 3.63) is 94.4 Å². The minimum absolute atomic E-state index is 0.0731. The maximum Gasteiger partial charge on any atom is 0.271 e. The lowest BCUT2D eigenvalue weighted by Crippen LogP contribution is -2.28. The van der Waals surface area contributed by atoms with E-state index in [1.165, 1.54) is 17.3 Å². The van der Waals surface area contributed by atoms with E-state index >= 15 is 0 Å². The van der Waals surface area contributed by atoms with Crippen molar-refractivity contribution in [2.24, 2.45) is 4.99 Å². The van der Waals surface area contributed by atoms with Gasteiger partial charge in [0, 0.05) is 0 Å². The van der Waals surface area contributed by atoms with Crippen LogP contribution in [-0.4, -0.2) is 17.7 Å². The zero-order valence-corrected chi connectivity index (χ0v) is 19.4. The molecule has 1 amide bonds. The minimum Gasteiger partial charge on any atom is -0.494 e. The van der Waals surface area contributed by atoms with Crippen molar-refractivity contribution in [2.45, 2.75) is 27.2 Å². The van der Waals surface area contributed by atoms with Crippen molar-refractivity contribution in [3.8, 4) is 5.75 Å².